The van der Waals surface area contributed by atoms with Crippen LogP contribution in [0.4, 0.5) is 10.8 Å². The van der Waals surface area contributed by atoms with E-state index in [0.717, 1.165) is 5.00 Å². The molecule has 106 valence electrons. The minimum atomic E-state index is -3.07. The molecular formula is C11H18N4O2S2. The average Bonchev–Trinajstić information content (AvgIpc) is 3.12. The molecule has 8 heteroatoms. The number of nitrogens with two attached hydrogens (primary N) is 1. The van der Waals surface area contributed by atoms with Gasteiger partial charge >= 0.3 is 0 Å². The molecule has 1 aliphatic heterocycles. The highest BCUT2D eigenvalue weighted by Gasteiger charge is 2.33. The van der Waals surface area contributed by atoms with Crippen LogP contribution >= 0.6 is 11.5 Å². The molecule has 1 aromatic heterocycles. The van der Waals surface area contributed by atoms with E-state index in [1.54, 1.807) is 0 Å². The van der Waals surface area contributed by atoms with Crippen molar-refractivity contribution in [3.63, 3.8) is 0 Å². The highest BCUT2D eigenvalue weighted by molar-refractivity contribution is 7.88. The molecule has 1 saturated carbocycles. The topological polar surface area (TPSA) is 79.5 Å². The van der Waals surface area contributed by atoms with E-state index >= 15 is 0 Å². The summed E-state index contributed by atoms with van der Waals surface area (Å²) < 4.78 is 28.8. The molecule has 3 rings (SSSR count). The van der Waals surface area contributed by atoms with E-state index in [-0.39, 0.29) is 0 Å². The van der Waals surface area contributed by atoms with Crippen LogP contribution < -0.4 is 10.6 Å². The number of rotatable bonds is 3. The third-order valence-electron chi connectivity index (χ3n) is 3.72. The normalized spacial score (nSPS) is 21.8. The van der Waals surface area contributed by atoms with E-state index in [2.05, 4.69) is 9.27 Å². The summed E-state index contributed by atoms with van der Waals surface area (Å²) in [5, 5.41) is 1.15. The van der Waals surface area contributed by atoms with Crippen molar-refractivity contribution < 1.29 is 8.42 Å². The highest BCUT2D eigenvalue weighted by atomic mass is 32.2. The van der Waals surface area contributed by atoms with Crippen molar-refractivity contribution in [3.8, 4) is 0 Å². The number of anilines is 2. The van der Waals surface area contributed by atoms with E-state index in [9.17, 15) is 8.42 Å². The van der Waals surface area contributed by atoms with Gasteiger partial charge in [-0.2, -0.15) is 8.68 Å². The van der Waals surface area contributed by atoms with Crippen LogP contribution in [0, 0.1) is 0 Å². The number of hydrogen-bond acceptors (Lipinski definition) is 6. The van der Waals surface area contributed by atoms with Gasteiger partial charge in [-0.1, -0.05) is 0 Å². The molecular weight excluding hydrogens is 284 g/mol. The molecule has 19 heavy (non-hydrogen) atoms. The van der Waals surface area contributed by atoms with Crippen molar-refractivity contribution >= 4 is 32.4 Å². The second-order valence-electron chi connectivity index (χ2n) is 5.21. The maximum atomic E-state index is 11.5. The lowest BCUT2D eigenvalue weighted by molar-refractivity contribution is 0.388. The Morgan fingerprint density at radius 1 is 1.26 bits per heavy atom. The summed E-state index contributed by atoms with van der Waals surface area (Å²) in [4.78, 5) is 2.23. The van der Waals surface area contributed by atoms with Gasteiger partial charge in [0.1, 0.15) is 10.8 Å². The number of aromatic nitrogens is 1. The molecule has 1 aromatic rings. The van der Waals surface area contributed by atoms with Gasteiger partial charge < -0.3 is 10.6 Å². The van der Waals surface area contributed by atoms with Crippen LogP contribution in [0.25, 0.3) is 0 Å². The molecule has 0 bridgehead atoms. The lowest BCUT2D eigenvalue weighted by Gasteiger charge is -2.34. The highest BCUT2D eigenvalue weighted by Crippen LogP contribution is 2.48. The van der Waals surface area contributed by atoms with Gasteiger partial charge in [-0.05, 0) is 30.3 Å². The number of nitrogens with zero attached hydrogens (tertiary/aromatic N) is 3. The van der Waals surface area contributed by atoms with Gasteiger partial charge in [0, 0.05) is 31.7 Å². The van der Waals surface area contributed by atoms with Crippen molar-refractivity contribution in [1.82, 2.24) is 8.68 Å². The molecule has 0 radical (unpaired) electrons. The molecule has 6 nitrogen and oxygen atoms in total. The van der Waals surface area contributed by atoms with Gasteiger partial charge in [-0.15, -0.1) is 0 Å². The Bertz CT molecular complexity index is 572. The largest absolute Gasteiger partial charge is 0.383 e. The smallest absolute Gasteiger partial charge is 0.211 e. The van der Waals surface area contributed by atoms with Crippen LogP contribution in [0.1, 0.15) is 24.3 Å². The summed E-state index contributed by atoms with van der Waals surface area (Å²) >= 11 is 1.44. The van der Waals surface area contributed by atoms with Crippen LogP contribution in [0.5, 0.6) is 0 Å². The SMILES string of the molecule is CS(=O)(=O)N1CCN(c2snc(N)c2C2CC2)CC1. The fourth-order valence-corrected chi connectivity index (χ4v) is 4.28. The summed E-state index contributed by atoms with van der Waals surface area (Å²) in [7, 11) is -3.07. The monoisotopic (exact) mass is 302 g/mol. The molecule has 2 N–H and O–H groups in total. The van der Waals surface area contributed by atoms with E-state index in [1.807, 2.05) is 0 Å². The Kier molecular flexibility index (Phi) is 3.18. The minimum absolute atomic E-state index is 0.542. The number of nitrogen functional groups attached to an aromatic ring is 1. The molecule has 1 aliphatic carbocycles. The van der Waals surface area contributed by atoms with E-state index in [0.29, 0.717) is 37.9 Å². The third-order valence-corrected chi connectivity index (χ3v) is 5.96. The molecule has 0 aromatic carbocycles. The molecule has 0 amide bonds. The summed E-state index contributed by atoms with van der Waals surface area (Å²) in [6, 6.07) is 0. The Balaban J connectivity index is 1.75. The van der Waals surface area contributed by atoms with E-state index in [1.165, 1.54) is 40.5 Å². The predicted molar refractivity (Wildman–Crippen MR) is 77.1 cm³/mol. The molecule has 0 unspecified atom stereocenters. The molecule has 2 aliphatic rings. The molecule has 0 atom stereocenters. The summed E-state index contributed by atoms with van der Waals surface area (Å²) in [5.41, 5.74) is 7.14. The molecule has 1 saturated heterocycles. The van der Waals surface area contributed by atoms with Crippen LogP contribution in [0.15, 0.2) is 0 Å². The van der Waals surface area contributed by atoms with Crippen molar-refractivity contribution in [1.29, 1.82) is 0 Å². The Hall–Kier alpha value is -0.860. The second kappa shape index (κ2) is 4.60. The zero-order chi connectivity index (χ0) is 13.6. The fourth-order valence-electron chi connectivity index (χ4n) is 2.51. The van der Waals surface area contributed by atoms with Gasteiger partial charge in [0.05, 0.1) is 6.26 Å². The first-order valence-electron chi connectivity index (χ1n) is 6.42. The third kappa shape index (κ3) is 2.56. The van der Waals surface area contributed by atoms with Gasteiger partial charge in [0.2, 0.25) is 10.0 Å². The van der Waals surface area contributed by atoms with Crippen LogP contribution in [-0.4, -0.2) is 49.5 Å². The Morgan fingerprint density at radius 2 is 1.89 bits per heavy atom. The van der Waals surface area contributed by atoms with Crippen molar-refractivity contribution in [2.24, 2.45) is 0 Å². The zero-order valence-electron chi connectivity index (χ0n) is 10.9. The first-order valence-corrected chi connectivity index (χ1v) is 9.04. The van der Waals surface area contributed by atoms with Crippen LogP contribution in [0.2, 0.25) is 0 Å². The molecule has 2 fully saturated rings. The standard InChI is InChI=1S/C11H18N4O2S2/c1-19(16,17)15-6-4-14(5-7-15)11-9(8-2-3-8)10(12)13-18-11/h8H,2-7H2,1H3,(H2,12,13). The summed E-state index contributed by atoms with van der Waals surface area (Å²) in [5.74, 6) is 1.23. The average molecular weight is 302 g/mol. The Morgan fingerprint density at radius 3 is 2.42 bits per heavy atom. The molecule has 0 spiro atoms. The van der Waals surface area contributed by atoms with Crippen molar-refractivity contribution in [3.05, 3.63) is 5.56 Å². The lowest BCUT2D eigenvalue weighted by atomic mass is 10.2. The number of hydrogen-bond donors (Lipinski definition) is 1. The summed E-state index contributed by atoms with van der Waals surface area (Å²) in [6.07, 6.45) is 3.65. The quantitative estimate of drug-likeness (QED) is 0.888. The number of sulfonamides is 1. The first-order chi connectivity index (χ1) is 8.97. The Labute approximate surface area is 117 Å². The van der Waals surface area contributed by atoms with E-state index in [4.69, 9.17) is 5.73 Å². The lowest BCUT2D eigenvalue weighted by Crippen LogP contribution is -2.48. The minimum Gasteiger partial charge on any atom is -0.383 e. The van der Waals surface area contributed by atoms with E-state index < -0.39 is 10.0 Å². The van der Waals surface area contributed by atoms with Gasteiger partial charge in [0.25, 0.3) is 0 Å². The van der Waals surface area contributed by atoms with Crippen LogP contribution in [0.3, 0.4) is 0 Å². The predicted octanol–water partition coefficient (Wildman–Crippen LogP) is 0.684. The zero-order valence-corrected chi connectivity index (χ0v) is 12.5. The number of piperazine rings is 1. The van der Waals surface area contributed by atoms with Gasteiger partial charge in [-0.3, -0.25) is 0 Å². The van der Waals surface area contributed by atoms with Crippen LogP contribution in [-0.2, 0) is 10.0 Å². The first kappa shape index (κ1) is 13.1. The maximum Gasteiger partial charge on any atom is 0.211 e. The summed E-state index contributed by atoms with van der Waals surface area (Å²) in [6.45, 7) is 2.52. The molecule has 2 heterocycles. The van der Waals surface area contributed by atoms with Crippen molar-refractivity contribution in [2.45, 2.75) is 18.8 Å². The van der Waals surface area contributed by atoms with Crippen molar-refractivity contribution in [2.75, 3.05) is 43.1 Å². The second-order valence-corrected chi connectivity index (χ2v) is 7.94. The van der Waals surface area contributed by atoms with Gasteiger partial charge in [-0.25, -0.2) is 8.42 Å². The maximum absolute atomic E-state index is 11.5. The van der Waals surface area contributed by atoms with Gasteiger partial charge in [0.15, 0.2) is 0 Å². The fraction of sp³-hybridized carbons (Fsp3) is 0.727.